The number of carbonyl (C=O) groups excluding carboxylic acids is 1. The van der Waals surface area contributed by atoms with Gasteiger partial charge in [-0.15, -0.1) is 10.2 Å². The van der Waals surface area contributed by atoms with Gasteiger partial charge >= 0.3 is 0 Å². The number of hydrogen-bond donors (Lipinski definition) is 1. The Kier molecular flexibility index (Phi) is 2.07. The molecule has 0 spiro atoms. The molecule has 0 atom stereocenters. The molecule has 0 amide bonds. The van der Waals surface area contributed by atoms with E-state index in [1.165, 1.54) is 4.80 Å². The van der Waals surface area contributed by atoms with Crippen molar-refractivity contribution in [3.05, 3.63) is 5.82 Å². The summed E-state index contributed by atoms with van der Waals surface area (Å²) >= 11 is 0. The molecule has 1 aliphatic rings. The van der Waals surface area contributed by atoms with Gasteiger partial charge in [0.15, 0.2) is 0 Å². The molecule has 0 aromatic carbocycles. The number of ketones is 1. The molecule has 6 nitrogen and oxygen atoms in total. The molecule has 0 unspecified atom stereocenters. The Morgan fingerprint density at radius 2 is 2.14 bits per heavy atom. The normalized spacial score (nSPS) is 19.9. The first kappa shape index (κ1) is 9.26. The third-order valence-electron chi connectivity index (χ3n) is 2.66. The molecule has 2 N–H and O–H groups in total. The molecular formula is C8H13N5O. The lowest BCUT2D eigenvalue weighted by Crippen LogP contribution is -2.45. The molecule has 1 fully saturated rings. The van der Waals surface area contributed by atoms with Gasteiger partial charge in [-0.3, -0.25) is 4.79 Å². The Labute approximate surface area is 81.5 Å². The van der Waals surface area contributed by atoms with Crippen LogP contribution < -0.4 is 5.73 Å². The zero-order valence-electron chi connectivity index (χ0n) is 8.10. The van der Waals surface area contributed by atoms with E-state index in [9.17, 15) is 4.79 Å². The zero-order chi connectivity index (χ0) is 10.2. The van der Waals surface area contributed by atoms with Crippen molar-refractivity contribution in [1.29, 1.82) is 0 Å². The van der Waals surface area contributed by atoms with Crippen LogP contribution in [0.25, 0.3) is 0 Å². The van der Waals surface area contributed by atoms with E-state index in [-0.39, 0.29) is 11.6 Å². The minimum atomic E-state index is -0.747. The topological polar surface area (TPSA) is 86.7 Å². The largest absolute Gasteiger partial charge is 0.319 e. The van der Waals surface area contributed by atoms with Crippen molar-refractivity contribution in [3.63, 3.8) is 0 Å². The molecule has 14 heavy (non-hydrogen) atoms. The number of aromatic nitrogens is 4. The van der Waals surface area contributed by atoms with Crippen LogP contribution in [0.3, 0.4) is 0 Å². The molecular weight excluding hydrogens is 182 g/mol. The molecule has 0 radical (unpaired) electrons. The number of nitrogens with zero attached hydrogens (tertiary/aromatic N) is 4. The smallest absolute Gasteiger partial charge is 0.242 e. The van der Waals surface area contributed by atoms with Gasteiger partial charge in [0.2, 0.25) is 11.6 Å². The summed E-state index contributed by atoms with van der Waals surface area (Å²) in [6, 6.07) is 0. The van der Waals surface area contributed by atoms with Crippen LogP contribution in [-0.4, -0.2) is 31.5 Å². The highest BCUT2D eigenvalue weighted by atomic mass is 16.1. The predicted molar refractivity (Wildman–Crippen MR) is 48.5 cm³/mol. The first-order valence-electron chi connectivity index (χ1n) is 4.69. The third kappa shape index (κ3) is 1.41. The maximum atomic E-state index is 11.9. The summed E-state index contributed by atoms with van der Waals surface area (Å²) in [6.45, 7) is 0. The van der Waals surface area contributed by atoms with Gasteiger partial charge in [-0.2, -0.15) is 4.80 Å². The van der Waals surface area contributed by atoms with Gasteiger partial charge in [0.1, 0.15) is 0 Å². The second-order valence-electron chi connectivity index (χ2n) is 3.79. The van der Waals surface area contributed by atoms with Crippen LogP contribution in [-0.2, 0) is 7.05 Å². The van der Waals surface area contributed by atoms with Gasteiger partial charge in [-0.1, -0.05) is 12.8 Å². The van der Waals surface area contributed by atoms with E-state index in [0.717, 1.165) is 25.7 Å². The number of Topliss-reactive ketones (excluding diaryl/α,β-unsaturated/α-hetero) is 1. The molecule has 1 aromatic rings. The summed E-state index contributed by atoms with van der Waals surface area (Å²) in [6.07, 6.45) is 3.46. The maximum Gasteiger partial charge on any atom is 0.242 e. The minimum absolute atomic E-state index is 0.136. The number of carbonyl (C=O) groups is 1. The second-order valence-corrected chi connectivity index (χ2v) is 3.79. The average Bonchev–Trinajstić information content (AvgIpc) is 2.74. The highest BCUT2D eigenvalue weighted by Crippen LogP contribution is 2.29. The molecule has 2 rings (SSSR count). The van der Waals surface area contributed by atoms with Gasteiger partial charge < -0.3 is 5.73 Å². The van der Waals surface area contributed by atoms with Crippen LogP contribution in [0.2, 0.25) is 0 Å². The molecule has 6 heteroatoms. The van der Waals surface area contributed by atoms with Gasteiger partial charge in [0.25, 0.3) is 0 Å². The van der Waals surface area contributed by atoms with Crippen LogP contribution >= 0.6 is 0 Å². The molecule has 76 valence electrons. The summed E-state index contributed by atoms with van der Waals surface area (Å²) < 4.78 is 0. The van der Waals surface area contributed by atoms with Gasteiger partial charge in [0.05, 0.1) is 12.6 Å². The second kappa shape index (κ2) is 3.13. The molecule has 0 aliphatic heterocycles. The van der Waals surface area contributed by atoms with Gasteiger partial charge in [-0.25, -0.2) is 0 Å². The predicted octanol–water partition coefficient (Wildman–Crippen LogP) is -0.336. The SMILES string of the molecule is Cn1nnc(C(=O)C2(N)CCCC2)n1. The van der Waals surface area contributed by atoms with Crippen molar-refractivity contribution in [2.24, 2.45) is 12.8 Å². The molecule has 1 aliphatic carbocycles. The summed E-state index contributed by atoms with van der Waals surface area (Å²) in [7, 11) is 1.63. The van der Waals surface area contributed by atoms with Crippen LogP contribution in [0.5, 0.6) is 0 Å². The Balaban J connectivity index is 2.23. The van der Waals surface area contributed by atoms with Gasteiger partial charge in [0, 0.05) is 0 Å². The van der Waals surface area contributed by atoms with E-state index < -0.39 is 5.54 Å². The first-order chi connectivity index (χ1) is 6.62. The number of aryl methyl sites for hydroxylation is 1. The van der Waals surface area contributed by atoms with Crippen molar-refractivity contribution in [1.82, 2.24) is 20.2 Å². The van der Waals surface area contributed by atoms with Crippen molar-refractivity contribution in [3.8, 4) is 0 Å². The van der Waals surface area contributed by atoms with Gasteiger partial charge in [-0.05, 0) is 18.1 Å². The van der Waals surface area contributed by atoms with E-state index in [1.807, 2.05) is 0 Å². The fraction of sp³-hybridized carbons (Fsp3) is 0.750. The number of nitrogens with two attached hydrogens (primary N) is 1. The number of hydrogen-bond acceptors (Lipinski definition) is 5. The van der Waals surface area contributed by atoms with Crippen molar-refractivity contribution in [2.75, 3.05) is 0 Å². The van der Waals surface area contributed by atoms with Crippen LogP contribution in [0, 0.1) is 0 Å². The van der Waals surface area contributed by atoms with Crippen molar-refractivity contribution < 1.29 is 4.79 Å². The third-order valence-corrected chi connectivity index (χ3v) is 2.66. The fourth-order valence-electron chi connectivity index (χ4n) is 1.83. The van der Waals surface area contributed by atoms with E-state index in [0.29, 0.717) is 0 Å². The Bertz CT molecular complexity index is 352. The Morgan fingerprint density at radius 1 is 1.50 bits per heavy atom. The fourth-order valence-corrected chi connectivity index (χ4v) is 1.83. The van der Waals surface area contributed by atoms with E-state index in [4.69, 9.17) is 5.73 Å². The zero-order valence-corrected chi connectivity index (χ0v) is 8.10. The lowest BCUT2D eigenvalue weighted by molar-refractivity contribution is 0.0880. The highest BCUT2D eigenvalue weighted by Gasteiger charge is 2.39. The standard InChI is InChI=1S/C8H13N5O/c1-13-11-7(10-12-13)6(14)8(9)4-2-3-5-8/h2-5,9H2,1H3. The van der Waals surface area contributed by atoms with Crippen LogP contribution in [0.1, 0.15) is 36.3 Å². The number of rotatable bonds is 2. The minimum Gasteiger partial charge on any atom is -0.319 e. The van der Waals surface area contributed by atoms with Crippen LogP contribution in [0.15, 0.2) is 0 Å². The monoisotopic (exact) mass is 195 g/mol. The summed E-state index contributed by atoms with van der Waals surface area (Å²) in [5.41, 5.74) is 5.23. The maximum absolute atomic E-state index is 11.9. The first-order valence-corrected chi connectivity index (χ1v) is 4.69. The van der Waals surface area contributed by atoms with E-state index >= 15 is 0 Å². The molecule has 1 heterocycles. The van der Waals surface area contributed by atoms with Crippen molar-refractivity contribution in [2.45, 2.75) is 31.2 Å². The Morgan fingerprint density at radius 3 is 2.64 bits per heavy atom. The molecule has 1 saturated carbocycles. The molecule has 0 bridgehead atoms. The lowest BCUT2D eigenvalue weighted by Gasteiger charge is -2.18. The lowest BCUT2D eigenvalue weighted by atomic mass is 9.93. The van der Waals surface area contributed by atoms with Crippen LogP contribution in [0.4, 0.5) is 0 Å². The Hall–Kier alpha value is -1.30. The van der Waals surface area contributed by atoms with E-state index in [2.05, 4.69) is 15.4 Å². The highest BCUT2D eigenvalue weighted by molar-refractivity contribution is 6.00. The summed E-state index contributed by atoms with van der Waals surface area (Å²) in [5.74, 6) is -0.0417. The van der Waals surface area contributed by atoms with Crippen molar-refractivity contribution >= 4 is 5.78 Å². The quantitative estimate of drug-likeness (QED) is 0.652. The summed E-state index contributed by atoms with van der Waals surface area (Å²) in [5, 5.41) is 11.2. The van der Waals surface area contributed by atoms with E-state index in [1.54, 1.807) is 7.05 Å². The number of tetrazole rings is 1. The summed E-state index contributed by atoms with van der Waals surface area (Å²) in [4.78, 5) is 13.1. The average molecular weight is 195 g/mol. The molecule has 1 aromatic heterocycles. The molecule has 0 saturated heterocycles.